The molecule has 5 heteroatoms. The van der Waals surface area contributed by atoms with Crippen molar-refractivity contribution in [2.45, 2.75) is 13.3 Å². The van der Waals surface area contributed by atoms with Crippen molar-refractivity contribution in [2.24, 2.45) is 5.11 Å². The van der Waals surface area contributed by atoms with E-state index in [1.54, 1.807) is 13.3 Å². The van der Waals surface area contributed by atoms with Crippen LogP contribution < -0.4 is 4.74 Å². The fourth-order valence-corrected chi connectivity index (χ4v) is 1.19. The number of nitrogens with zero attached hydrogens (tertiary/aromatic N) is 4. The number of aryl methyl sites for hydroxylation is 1. The molecule has 5 nitrogen and oxygen atoms in total. The second kappa shape index (κ2) is 5.09. The number of ether oxygens (including phenoxy) is 1. The lowest BCUT2D eigenvalue weighted by atomic mass is 10.1. The van der Waals surface area contributed by atoms with E-state index in [1.807, 2.05) is 13.0 Å². The molecule has 1 rings (SSSR count). The molecule has 0 N–H and O–H groups in total. The fourth-order valence-electron chi connectivity index (χ4n) is 1.19. The topological polar surface area (TPSA) is 70.9 Å². The van der Waals surface area contributed by atoms with E-state index in [9.17, 15) is 0 Å². The van der Waals surface area contributed by atoms with E-state index in [-0.39, 0.29) is 0 Å². The molecule has 0 saturated heterocycles. The highest BCUT2D eigenvalue weighted by Gasteiger charge is 2.00. The molecule has 0 aromatic carbocycles. The smallest absolute Gasteiger partial charge is 0.215 e. The molecule has 0 bridgehead atoms. The van der Waals surface area contributed by atoms with Gasteiger partial charge in [0, 0.05) is 23.2 Å². The number of pyridine rings is 1. The maximum Gasteiger partial charge on any atom is 0.215 e. The Balaban J connectivity index is 2.70. The first-order chi connectivity index (χ1) is 6.77. The van der Waals surface area contributed by atoms with Crippen molar-refractivity contribution >= 4 is 0 Å². The van der Waals surface area contributed by atoms with Gasteiger partial charge in [-0.1, -0.05) is 5.11 Å². The molecule has 0 atom stereocenters. The minimum Gasteiger partial charge on any atom is -0.481 e. The van der Waals surface area contributed by atoms with Gasteiger partial charge in [-0.05, 0) is 30.5 Å². The quantitative estimate of drug-likeness (QED) is 0.417. The third kappa shape index (κ3) is 2.64. The largest absolute Gasteiger partial charge is 0.481 e. The van der Waals surface area contributed by atoms with Crippen LogP contribution in [0.3, 0.4) is 0 Å². The van der Waals surface area contributed by atoms with Gasteiger partial charge in [-0.15, -0.1) is 0 Å². The number of azide groups is 1. The summed E-state index contributed by atoms with van der Waals surface area (Å²) < 4.78 is 5.03. The molecule has 14 heavy (non-hydrogen) atoms. The third-order valence-electron chi connectivity index (χ3n) is 1.84. The first-order valence-electron chi connectivity index (χ1n) is 4.28. The summed E-state index contributed by atoms with van der Waals surface area (Å²) in [5, 5.41) is 3.46. The Labute approximate surface area is 82.4 Å². The van der Waals surface area contributed by atoms with Gasteiger partial charge in [0.05, 0.1) is 7.11 Å². The molecule has 0 aliphatic rings. The summed E-state index contributed by atoms with van der Waals surface area (Å²) >= 11 is 0. The van der Waals surface area contributed by atoms with Gasteiger partial charge in [-0.25, -0.2) is 4.98 Å². The van der Waals surface area contributed by atoms with Crippen molar-refractivity contribution in [1.82, 2.24) is 4.98 Å². The van der Waals surface area contributed by atoms with E-state index >= 15 is 0 Å². The molecule has 74 valence electrons. The SMILES string of the molecule is COc1ncc(CCN=[N+]=[N-])cc1C. The highest BCUT2D eigenvalue weighted by atomic mass is 16.5. The lowest BCUT2D eigenvalue weighted by Crippen LogP contribution is -1.95. The molecular formula is C9H12N4O. The predicted octanol–water partition coefficient (Wildman–Crippen LogP) is 2.25. The number of methoxy groups -OCH3 is 1. The zero-order valence-electron chi connectivity index (χ0n) is 8.27. The molecule has 0 aliphatic heterocycles. The molecule has 1 heterocycles. The van der Waals surface area contributed by atoms with Gasteiger partial charge >= 0.3 is 0 Å². The standard InChI is InChI=1S/C9H12N4O/c1-7-5-8(3-4-12-13-10)6-11-9(7)14-2/h5-6H,3-4H2,1-2H3. The molecule has 1 aromatic heterocycles. The number of rotatable bonds is 4. The van der Waals surface area contributed by atoms with Gasteiger partial charge in [0.15, 0.2) is 0 Å². The summed E-state index contributed by atoms with van der Waals surface area (Å²) in [6.45, 7) is 2.40. The monoisotopic (exact) mass is 192 g/mol. The summed E-state index contributed by atoms with van der Waals surface area (Å²) in [7, 11) is 1.59. The summed E-state index contributed by atoms with van der Waals surface area (Å²) in [4.78, 5) is 6.81. The average Bonchev–Trinajstić information content (AvgIpc) is 2.18. The predicted molar refractivity (Wildman–Crippen MR) is 53.2 cm³/mol. The normalized spacial score (nSPS) is 9.29. The average molecular weight is 192 g/mol. The van der Waals surface area contributed by atoms with E-state index in [2.05, 4.69) is 15.0 Å². The first kappa shape index (κ1) is 10.3. The molecule has 0 saturated carbocycles. The Morgan fingerprint density at radius 2 is 2.43 bits per heavy atom. The molecular weight excluding hydrogens is 180 g/mol. The van der Waals surface area contributed by atoms with Crippen LogP contribution in [-0.4, -0.2) is 18.6 Å². The summed E-state index contributed by atoms with van der Waals surface area (Å²) in [6, 6.07) is 1.98. The maximum absolute atomic E-state index is 8.10. The summed E-state index contributed by atoms with van der Waals surface area (Å²) in [6.07, 6.45) is 2.45. The van der Waals surface area contributed by atoms with E-state index in [0.717, 1.165) is 11.1 Å². The minimum absolute atomic E-state index is 0.462. The Bertz CT molecular complexity index is 358. The van der Waals surface area contributed by atoms with Gasteiger partial charge in [-0.3, -0.25) is 0 Å². The Kier molecular flexibility index (Phi) is 3.76. The molecule has 0 aliphatic carbocycles. The van der Waals surface area contributed by atoms with Gasteiger partial charge in [-0.2, -0.15) is 0 Å². The van der Waals surface area contributed by atoms with E-state index < -0.39 is 0 Å². The fraction of sp³-hybridized carbons (Fsp3) is 0.444. The molecule has 0 spiro atoms. The van der Waals surface area contributed by atoms with Crippen molar-refractivity contribution in [3.05, 3.63) is 33.8 Å². The molecule has 1 aromatic rings. The van der Waals surface area contributed by atoms with Crippen LogP contribution in [0.15, 0.2) is 17.4 Å². The highest BCUT2D eigenvalue weighted by Crippen LogP contribution is 2.14. The Hall–Kier alpha value is -1.74. The van der Waals surface area contributed by atoms with E-state index in [0.29, 0.717) is 18.8 Å². The Morgan fingerprint density at radius 1 is 1.64 bits per heavy atom. The van der Waals surface area contributed by atoms with Crippen LogP contribution in [0.25, 0.3) is 10.4 Å². The zero-order valence-corrected chi connectivity index (χ0v) is 8.27. The highest BCUT2D eigenvalue weighted by molar-refractivity contribution is 5.28. The van der Waals surface area contributed by atoms with Crippen LogP contribution in [0.1, 0.15) is 11.1 Å². The number of hydrogen-bond donors (Lipinski definition) is 0. The van der Waals surface area contributed by atoms with Crippen LogP contribution in [0.5, 0.6) is 5.88 Å². The first-order valence-corrected chi connectivity index (χ1v) is 4.28. The van der Waals surface area contributed by atoms with Crippen LogP contribution in [-0.2, 0) is 6.42 Å². The molecule has 0 amide bonds. The number of hydrogen-bond acceptors (Lipinski definition) is 3. The molecule has 0 unspecified atom stereocenters. The minimum atomic E-state index is 0.462. The van der Waals surface area contributed by atoms with Crippen molar-refractivity contribution in [3.8, 4) is 5.88 Å². The second-order valence-electron chi connectivity index (χ2n) is 2.87. The molecule has 0 radical (unpaired) electrons. The van der Waals surface area contributed by atoms with Gasteiger partial charge in [0.1, 0.15) is 0 Å². The van der Waals surface area contributed by atoms with Crippen LogP contribution >= 0.6 is 0 Å². The van der Waals surface area contributed by atoms with Crippen LogP contribution in [0, 0.1) is 6.92 Å². The van der Waals surface area contributed by atoms with Gasteiger partial charge in [0.25, 0.3) is 0 Å². The van der Waals surface area contributed by atoms with Crippen molar-refractivity contribution in [2.75, 3.05) is 13.7 Å². The molecule has 0 fully saturated rings. The second-order valence-corrected chi connectivity index (χ2v) is 2.87. The van der Waals surface area contributed by atoms with E-state index in [1.165, 1.54) is 0 Å². The Morgan fingerprint density at radius 3 is 3.00 bits per heavy atom. The number of aromatic nitrogens is 1. The lowest BCUT2D eigenvalue weighted by molar-refractivity contribution is 0.394. The summed E-state index contributed by atoms with van der Waals surface area (Å²) in [5.41, 5.74) is 10.1. The lowest BCUT2D eigenvalue weighted by Gasteiger charge is -2.04. The third-order valence-corrected chi connectivity index (χ3v) is 1.84. The van der Waals surface area contributed by atoms with Crippen molar-refractivity contribution in [1.29, 1.82) is 0 Å². The van der Waals surface area contributed by atoms with Gasteiger partial charge < -0.3 is 4.74 Å². The van der Waals surface area contributed by atoms with Crippen molar-refractivity contribution < 1.29 is 4.74 Å². The van der Waals surface area contributed by atoms with Gasteiger partial charge in [0.2, 0.25) is 5.88 Å². The van der Waals surface area contributed by atoms with Crippen molar-refractivity contribution in [3.63, 3.8) is 0 Å². The van der Waals surface area contributed by atoms with E-state index in [4.69, 9.17) is 10.3 Å². The summed E-state index contributed by atoms with van der Waals surface area (Å²) in [5.74, 6) is 0.637. The maximum atomic E-state index is 8.10. The van der Waals surface area contributed by atoms with Crippen LogP contribution in [0.2, 0.25) is 0 Å². The van der Waals surface area contributed by atoms with Crippen LogP contribution in [0.4, 0.5) is 0 Å². The zero-order chi connectivity index (χ0) is 10.4.